The van der Waals surface area contributed by atoms with E-state index in [2.05, 4.69) is 5.32 Å². The average Bonchev–Trinajstić information content (AvgIpc) is 2.96. The zero-order valence-electron chi connectivity index (χ0n) is 22.8. The number of benzene rings is 3. The molecule has 5 rings (SSSR count). The Kier molecular flexibility index (Phi) is 8.01. The second-order valence-electron chi connectivity index (χ2n) is 10.1. The van der Waals surface area contributed by atoms with Gasteiger partial charge in [-0.25, -0.2) is 9.18 Å². The molecule has 1 N–H and O–H groups in total. The third-order valence-electron chi connectivity index (χ3n) is 7.60. The molecule has 0 amide bonds. The summed E-state index contributed by atoms with van der Waals surface area (Å²) in [5, 5.41) is 3.36. The summed E-state index contributed by atoms with van der Waals surface area (Å²) in [5.74, 6) is -0.455. The number of carbonyl (C=O) groups is 2. The van der Waals surface area contributed by atoms with Crippen LogP contribution in [0.5, 0.6) is 11.5 Å². The van der Waals surface area contributed by atoms with Crippen molar-refractivity contribution in [1.82, 2.24) is 5.32 Å². The van der Waals surface area contributed by atoms with Gasteiger partial charge in [-0.15, -0.1) is 0 Å². The second kappa shape index (κ2) is 11.8. The van der Waals surface area contributed by atoms with Gasteiger partial charge < -0.3 is 19.5 Å². The lowest BCUT2D eigenvalue weighted by atomic mass is 9.71. The van der Waals surface area contributed by atoms with E-state index in [1.54, 1.807) is 26.4 Å². The van der Waals surface area contributed by atoms with Crippen LogP contribution in [-0.2, 0) is 20.7 Å². The van der Waals surface area contributed by atoms with Gasteiger partial charge in [-0.1, -0.05) is 48.5 Å². The van der Waals surface area contributed by atoms with Crippen LogP contribution in [-0.4, -0.2) is 32.6 Å². The van der Waals surface area contributed by atoms with Gasteiger partial charge in [0.15, 0.2) is 17.3 Å². The minimum Gasteiger partial charge on any atom is -0.493 e. The van der Waals surface area contributed by atoms with E-state index in [4.69, 9.17) is 14.2 Å². The van der Waals surface area contributed by atoms with Crippen LogP contribution >= 0.6 is 0 Å². The Balaban J connectivity index is 1.46. The molecule has 0 unspecified atom stereocenters. The third-order valence-corrected chi connectivity index (χ3v) is 7.60. The topological polar surface area (TPSA) is 73.9 Å². The van der Waals surface area contributed by atoms with Crippen molar-refractivity contribution in [2.75, 3.05) is 20.8 Å². The number of nitrogens with one attached hydrogen (secondary N) is 1. The van der Waals surface area contributed by atoms with Crippen LogP contribution in [0.4, 0.5) is 4.39 Å². The number of carbonyl (C=O) groups excluding carboxylic acids is 2. The van der Waals surface area contributed by atoms with Crippen molar-refractivity contribution in [3.63, 3.8) is 0 Å². The molecule has 0 aromatic heterocycles. The molecule has 6 nitrogen and oxygen atoms in total. The van der Waals surface area contributed by atoms with E-state index in [0.29, 0.717) is 46.7 Å². The van der Waals surface area contributed by atoms with Gasteiger partial charge in [-0.2, -0.15) is 0 Å². The molecule has 0 spiro atoms. The summed E-state index contributed by atoms with van der Waals surface area (Å²) < 4.78 is 30.4. The van der Waals surface area contributed by atoms with Crippen molar-refractivity contribution >= 4 is 11.8 Å². The predicted molar refractivity (Wildman–Crippen MR) is 150 cm³/mol. The monoisotopic (exact) mass is 541 g/mol. The fourth-order valence-electron chi connectivity index (χ4n) is 5.62. The SMILES string of the molecule is COc1ccc([C@@H]2CC(=O)C3=C(C2)NC(C)=C(C(=O)OCCc2ccccc2)[C@H]3c2ccc(F)cc2)cc1OC. The molecule has 1 aliphatic heterocycles. The second-order valence-corrected chi connectivity index (χ2v) is 10.1. The molecular formula is C33H32FNO5. The molecule has 7 heteroatoms. The molecule has 1 aliphatic carbocycles. The first kappa shape index (κ1) is 27.2. The first-order chi connectivity index (χ1) is 19.4. The lowest BCUT2D eigenvalue weighted by molar-refractivity contribution is -0.139. The molecule has 2 aliphatic rings. The predicted octanol–water partition coefficient (Wildman–Crippen LogP) is 5.99. The molecule has 0 bridgehead atoms. The number of allylic oxidation sites excluding steroid dienone is 3. The van der Waals surface area contributed by atoms with Crippen molar-refractivity contribution in [3.05, 3.63) is 118 Å². The molecule has 0 fully saturated rings. The van der Waals surface area contributed by atoms with Gasteiger partial charge in [0.1, 0.15) is 5.82 Å². The number of methoxy groups -OCH3 is 2. The normalized spacial score (nSPS) is 18.6. The maximum atomic E-state index is 13.9. The van der Waals surface area contributed by atoms with Crippen LogP contribution in [0.2, 0.25) is 0 Å². The highest BCUT2D eigenvalue weighted by Crippen LogP contribution is 2.46. The minimum atomic E-state index is -0.653. The molecule has 3 aromatic carbocycles. The minimum absolute atomic E-state index is 0.0649. The van der Waals surface area contributed by atoms with Crippen molar-refractivity contribution in [2.24, 2.45) is 0 Å². The molecule has 3 aromatic rings. The largest absolute Gasteiger partial charge is 0.493 e. The Labute approximate surface area is 233 Å². The standard InChI is InChI=1S/C33H32FNO5/c1-20-30(33(37)40-16-15-21-7-5-4-6-8-21)31(22-9-12-25(34)13-10-22)32-26(35-20)17-24(18-27(32)36)23-11-14-28(38-2)29(19-23)39-3/h4-14,19,24,31,35H,15-18H2,1-3H3/t24-,31+/m0/s1. The maximum absolute atomic E-state index is 13.9. The molecule has 0 saturated carbocycles. The molecule has 206 valence electrons. The molecule has 0 saturated heterocycles. The summed E-state index contributed by atoms with van der Waals surface area (Å²) in [6.45, 7) is 2.02. The first-order valence-electron chi connectivity index (χ1n) is 13.3. The zero-order chi connectivity index (χ0) is 28.2. The number of Topliss-reactive ketones (excluding diaryl/α,β-unsaturated/α-hetero) is 1. The molecular weight excluding hydrogens is 509 g/mol. The fourth-order valence-corrected chi connectivity index (χ4v) is 5.62. The van der Waals surface area contributed by atoms with Crippen LogP contribution < -0.4 is 14.8 Å². The van der Waals surface area contributed by atoms with E-state index in [0.717, 1.165) is 16.8 Å². The molecule has 40 heavy (non-hydrogen) atoms. The number of hydrogen-bond donors (Lipinski definition) is 1. The van der Waals surface area contributed by atoms with E-state index in [-0.39, 0.29) is 30.5 Å². The van der Waals surface area contributed by atoms with Gasteiger partial charge in [-0.3, -0.25) is 4.79 Å². The van der Waals surface area contributed by atoms with E-state index in [1.165, 1.54) is 12.1 Å². The van der Waals surface area contributed by atoms with E-state index in [9.17, 15) is 14.0 Å². The van der Waals surface area contributed by atoms with Crippen molar-refractivity contribution in [2.45, 2.75) is 38.0 Å². The van der Waals surface area contributed by atoms with Crippen LogP contribution in [0.25, 0.3) is 0 Å². The van der Waals surface area contributed by atoms with E-state index >= 15 is 0 Å². The van der Waals surface area contributed by atoms with E-state index in [1.807, 2.05) is 55.5 Å². The zero-order valence-corrected chi connectivity index (χ0v) is 22.8. The Morgan fingerprint density at radius 1 is 0.925 bits per heavy atom. The highest BCUT2D eigenvalue weighted by atomic mass is 19.1. The van der Waals surface area contributed by atoms with Gasteiger partial charge >= 0.3 is 5.97 Å². The van der Waals surface area contributed by atoms with Gasteiger partial charge in [0, 0.05) is 35.7 Å². The van der Waals surface area contributed by atoms with Gasteiger partial charge in [0.25, 0.3) is 0 Å². The number of hydrogen-bond acceptors (Lipinski definition) is 6. The summed E-state index contributed by atoms with van der Waals surface area (Å²) in [6.07, 6.45) is 1.42. The van der Waals surface area contributed by atoms with Gasteiger partial charge in [0.2, 0.25) is 0 Å². The Morgan fingerprint density at radius 3 is 2.33 bits per heavy atom. The third kappa shape index (κ3) is 5.50. The van der Waals surface area contributed by atoms with Crippen molar-refractivity contribution in [1.29, 1.82) is 0 Å². The van der Waals surface area contributed by atoms with Crippen molar-refractivity contribution in [3.8, 4) is 11.5 Å². The first-order valence-corrected chi connectivity index (χ1v) is 13.3. The summed E-state index contributed by atoms with van der Waals surface area (Å²) in [5.41, 5.74) is 4.99. The summed E-state index contributed by atoms with van der Waals surface area (Å²) in [7, 11) is 3.17. The van der Waals surface area contributed by atoms with Gasteiger partial charge in [-0.05, 0) is 60.2 Å². The average molecular weight is 542 g/mol. The molecule has 1 heterocycles. The number of dihydropyridines is 1. The molecule has 2 atom stereocenters. The Morgan fingerprint density at radius 2 is 1.62 bits per heavy atom. The lowest BCUT2D eigenvalue weighted by Gasteiger charge is -2.36. The van der Waals surface area contributed by atoms with E-state index < -0.39 is 11.9 Å². The van der Waals surface area contributed by atoms with Gasteiger partial charge in [0.05, 0.1) is 26.4 Å². The van der Waals surface area contributed by atoms with Crippen LogP contribution in [0.15, 0.2) is 95.3 Å². The summed E-state index contributed by atoms with van der Waals surface area (Å²) >= 11 is 0. The van der Waals surface area contributed by atoms with Crippen molar-refractivity contribution < 1.29 is 28.2 Å². The number of halogens is 1. The van der Waals surface area contributed by atoms with Crippen LogP contribution in [0.3, 0.4) is 0 Å². The number of rotatable bonds is 8. The fraction of sp³-hybridized carbons (Fsp3) is 0.273. The Bertz CT molecular complexity index is 1480. The Hall–Kier alpha value is -4.39. The smallest absolute Gasteiger partial charge is 0.336 e. The molecule has 0 radical (unpaired) electrons. The highest BCUT2D eigenvalue weighted by Gasteiger charge is 2.41. The number of ether oxygens (including phenoxy) is 3. The summed E-state index contributed by atoms with van der Waals surface area (Å²) in [4.78, 5) is 27.3. The number of ketones is 1. The quantitative estimate of drug-likeness (QED) is 0.353. The maximum Gasteiger partial charge on any atom is 0.336 e. The van der Waals surface area contributed by atoms with Crippen LogP contribution in [0.1, 0.15) is 48.3 Å². The van der Waals surface area contributed by atoms with Crippen LogP contribution in [0, 0.1) is 5.82 Å². The number of esters is 1. The summed E-state index contributed by atoms with van der Waals surface area (Å²) in [6, 6.07) is 21.4. The highest BCUT2D eigenvalue weighted by molar-refractivity contribution is 6.04. The lowest BCUT2D eigenvalue weighted by Crippen LogP contribution is -2.36.